The summed E-state index contributed by atoms with van der Waals surface area (Å²) in [5.41, 5.74) is 0. The fraction of sp³-hybridized carbons (Fsp3) is 0.364. The highest BCUT2D eigenvalue weighted by molar-refractivity contribution is 7.80. The van der Waals surface area contributed by atoms with Crippen molar-refractivity contribution in [3.05, 3.63) is 24.3 Å². The second-order valence-corrected chi connectivity index (χ2v) is 3.77. The van der Waals surface area contributed by atoms with Crippen molar-refractivity contribution in [1.82, 2.24) is 5.32 Å². The highest BCUT2D eigenvalue weighted by Crippen LogP contribution is 2.19. The van der Waals surface area contributed by atoms with Gasteiger partial charge in [-0.2, -0.15) is 0 Å². The third-order valence-corrected chi connectivity index (χ3v) is 2.47. The Balaban J connectivity index is 1.87. The van der Waals surface area contributed by atoms with Gasteiger partial charge in [0.1, 0.15) is 18.1 Å². The van der Waals surface area contributed by atoms with Gasteiger partial charge in [-0.1, -0.05) is 6.07 Å². The van der Waals surface area contributed by atoms with Crippen LogP contribution in [0, 0.1) is 0 Å². The van der Waals surface area contributed by atoms with Crippen molar-refractivity contribution in [2.45, 2.75) is 6.10 Å². The van der Waals surface area contributed by atoms with E-state index >= 15 is 0 Å². The van der Waals surface area contributed by atoms with Crippen molar-refractivity contribution in [2.75, 3.05) is 20.3 Å². The van der Waals surface area contributed by atoms with Gasteiger partial charge in [0.2, 0.25) is 0 Å². The van der Waals surface area contributed by atoms with Crippen molar-refractivity contribution in [2.24, 2.45) is 0 Å². The molecular formula is C11H13NO3S. The summed E-state index contributed by atoms with van der Waals surface area (Å²) >= 11 is 4.86. The maximum absolute atomic E-state index is 5.58. The number of ether oxygens (including phenoxy) is 3. The van der Waals surface area contributed by atoms with Crippen molar-refractivity contribution in [3.8, 4) is 11.5 Å². The van der Waals surface area contributed by atoms with Crippen LogP contribution in [-0.4, -0.2) is 31.5 Å². The van der Waals surface area contributed by atoms with E-state index in [-0.39, 0.29) is 6.10 Å². The molecule has 1 atom stereocenters. The van der Waals surface area contributed by atoms with E-state index in [1.807, 2.05) is 24.3 Å². The molecule has 1 fully saturated rings. The zero-order valence-corrected chi connectivity index (χ0v) is 9.75. The van der Waals surface area contributed by atoms with Crippen molar-refractivity contribution in [1.29, 1.82) is 0 Å². The molecule has 0 spiro atoms. The zero-order chi connectivity index (χ0) is 11.4. The molecule has 86 valence electrons. The Morgan fingerprint density at radius 2 is 2.31 bits per heavy atom. The topological polar surface area (TPSA) is 39.7 Å². The molecule has 0 radical (unpaired) electrons. The highest BCUT2D eigenvalue weighted by atomic mass is 32.1. The summed E-state index contributed by atoms with van der Waals surface area (Å²) in [6.45, 7) is 1.17. The first kappa shape index (κ1) is 11.0. The van der Waals surface area contributed by atoms with Crippen LogP contribution >= 0.6 is 12.2 Å². The monoisotopic (exact) mass is 239 g/mol. The lowest BCUT2D eigenvalue weighted by Gasteiger charge is -2.11. The van der Waals surface area contributed by atoms with E-state index in [1.165, 1.54) is 0 Å². The van der Waals surface area contributed by atoms with E-state index in [2.05, 4.69) is 5.32 Å². The Labute approximate surface area is 99.5 Å². The standard InChI is InChI=1S/C11H13NO3S/c1-13-8-3-2-4-9(5-8)14-7-10-6-12-11(16)15-10/h2-5,10H,6-7H2,1H3,(H,12,16)/t10-/m1/s1. The van der Waals surface area contributed by atoms with E-state index in [0.29, 0.717) is 18.3 Å². The van der Waals surface area contributed by atoms with Gasteiger partial charge in [0.05, 0.1) is 13.7 Å². The normalized spacial score (nSPS) is 18.8. The molecule has 1 aliphatic rings. The molecule has 0 aliphatic carbocycles. The molecule has 0 amide bonds. The molecule has 1 aromatic rings. The summed E-state index contributed by atoms with van der Waals surface area (Å²) in [5.74, 6) is 1.54. The maximum Gasteiger partial charge on any atom is 0.257 e. The van der Waals surface area contributed by atoms with Crippen LogP contribution in [0.2, 0.25) is 0 Å². The van der Waals surface area contributed by atoms with Crippen LogP contribution in [0.3, 0.4) is 0 Å². The predicted molar refractivity (Wildman–Crippen MR) is 64.0 cm³/mol. The van der Waals surface area contributed by atoms with Gasteiger partial charge in [-0.15, -0.1) is 0 Å². The molecule has 2 rings (SSSR count). The molecule has 16 heavy (non-hydrogen) atoms. The van der Waals surface area contributed by atoms with Crippen molar-refractivity contribution < 1.29 is 14.2 Å². The Kier molecular flexibility index (Phi) is 3.46. The van der Waals surface area contributed by atoms with Gasteiger partial charge in [-0.05, 0) is 24.4 Å². The molecule has 1 heterocycles. The third kappa shape index (κ3) is 2.76. The Morgan fingerprint density at radius 1 is 1.50 bits per heavy atom. The number of benzene rings is 1. The molecule has 1 aromatic carbocycles. The SMILES string of the molecule is COc1cccc(OC[C@H]2CNC(=S)O2)c1. The molecule has 0 bridgehead atoms. The molecule has 0 aromatic heterocycles. The van der Waals surface area contributed by atoms with Gasteiger partial charge in [-0.25, -0.2) is 0 Å². The average molecular weight is 239 g/mol. The van der Waals surface area contributed by atoms with Gasteiger partial charge in [0.15, 0.2) is 6.10 Å². The van der Waals surface area contributed by atoms with E-state index in [4.69, 9.17) is 26.4 Å². The quantitative estimate of drug-likeness (QED) is 0.803. The summed E-state index contributed by atoms with van der Waals surface area (Å²) < 4.78 is 16.0. The molecule has 1 aliphatic heterocycles. The highest BCUT2D eigenvalue weighted by Gasteiger charge is 2.20. The summed E-state index contributed by atoms with van der Waals surface area (Å²) in [7, 11) is 1.63. The van der Waals surface area contributed by atoms with Crippen molar-refractivity contribution in [3.63, 3.8) is 0 Å². The van der Waals surface area contributed by atoms with Crippen LogP contribution in [0.1, 0.15) is 0 Å². The Morgan fingerprint density at radius 3 is 3.00 bits per heavy atom. The molecule has 1 N–H and O–H groups in total. The lowest BCUT2D eigenvalue weighted by atomic mass is 10.3. The van der Waals surface area contributed by atoms with Crippen molar-refractivity contribution >= 4 is 17.4 Å². The lowest BCUT2D eigenvalue weighted by Crippen LogP contribution is -2.21. The second-order valence-electron chi connectivity index (χ2n) is 3.40. The van der Waals surface area contributed by atoms with Gasteiger partial charge in [0.25, 0.3) is 5.17 Å². The maximum atomic E-state index is 5.58. The van der Waals surface area contributed by atoms with E-state index in [0.717, 1.165) is 11.5 Å². The zero-order valence-electron chi connectivity index (χ0n) is 8.93. The number of methoxy groups -OCH3 is 1. The van der Waals surface area contributed by atoms with Crippen LogP contribution in [0.15, 0.2) is 24.3 Å². The Bertz CT molecular complexity index is 383. The second kappa shape index (κ2) is 5.03. The van der Waals surface area contributed by atoms with Crippen LogP contribution in [-0.2, 0) is 4.74 Å². The van der Waals surface area contributed by atoms with E-state index in [1.54, 1.807) is 7.11 Å². The third-order valence-electron chi connectivity index (χ3n) is 2.22. The lowest BCUT2D eigenvalue weighted by molar-refractivity contribution is 0.150. The van der Waals surface area contributed by atoms with Crippen LogP contribution in [0.5, 0.6) is 11.5 Å². The largest absolute Gasteiger partial charge is 0.497 e. The first-order chi connectivity index (χ1) is 7.78. The summed E-state index contributed by atoms with van der Waals surface area (Å²) in [4.78, 5) is 0. The number of hydrogen-bond acceptors (Lipinski definition) is 4. The predicted octanol–water partition coefficient (Wildman–Crippen LogP) is 1.35. The van der Waals surface area contributed by atoms with Gasteiger partial charge < -0.3 is 19.5 Å². The van der Waals surface area contributed by atoms with Crippen LogP contribution in [0.25, 0.3) is 0 Å². The van der Waals surface area contributed by atoms with Crippen LogP contribution < -0.4 is 14.8 Å². The fourth-order valence-electron chi connectivity index (χ4n) is 1.40. The summed E-state index contributed by atoms with van der Waals surface area (Å²) in [6, 6.07) is 7.46. The molecular weight excluding hydrogens is 226 g/mol. The van der Waals surface area contributed by atoms with Gasteiger partial charge in [0, 0.05) is 6.07 Å². The molecule has 0 saturated carbocycles. The Hall–Kier alpha value is -1.49. The number of thiocarbonyl (C=S) groups is 1. The number of hydrogen-bond donors (Lipinski definition) is 1. The number of rotatable bonds is 4. The van der Waals surface area contributed by atoms with Crippen LogP contribution in [0.4, 0.5) is 0 Å². The minimum atomic E-state index is -0.0151. The molecule has 5 heteroatoms. The van der Waals surface area contributed by atoms with Gasteiger partial charge in [-0.3, -0.25) is 0 Å². The molecule has 1 saturated heterocycles. The molecule has 4 nitrogen and oxygen atoms in total. The average Bonchev–Trinajstić information content (AvgIpc) is 2.73. The minimum absolute atomic E-state index is 0.0151. The first-order valence-corrected chi connectivity index (χ1v) is 5.40. The molecule has 0 unspecified atom stereocenters. The van der Waals surface area contributed by atoms with E-state index < -0.39 is 0 Å². The number of nitrogens with one attached hydrogen (secondary N) is 1. The van der Waals surface area contributed by atoms with E-state index in [9.17, 15) is 0 Å². The smallest absolute Gasteiger partial charge is 0.257 e. The van der Waals surface area contributed by atoms with Gasteiger partial charge >= 0.3 is 0 Å². The summed E-state index contributed by atoms with van der Waals surface area (Å²) in [6.07, 6.45) is -0.0151. The minimum Gasteiger partial charge on any atom is -0.497 e. The fourth-order valence-corrected chi connectivity index (χ4v) is 1.62. The first-order valence-electron chi connectivity index (χ1n) is 4.99. The summed E-state index contributed by atoms with van der Waals surface area (Å²) in [5, 5.41) is 3.38.